The van der Waals surface area contributed by atoms with E-state index >= 15 is 0 Å². The number of aryl methyl sites for hydroxylation is 1. The number of halogens is 3. The SMILES string of the molecule is COc1ccc(C2c3cccn3CCCN2Cc2cccc(C(F)(F)F)c2)c(OC)c1OC. The van der Waals surface area contributed by atoms with Crippen molar-refractivity contribution in [3.8, 4) is 17.2 Å². The van der Waals surface area contributed by atoms with Crippen molar-refractivity contribution in [2.75, 3.05) is 27.9 Å². The van der Waals surface area contributed by atoms with Crippen LogP contribution in [-0.2, 0) is 19.3 Å². The van der Waals surface area contributed by atoms with Gasteiger partial charge >= 0.3 is 6.18 Å². The molecule has 0 bridgehead atoms. The predicted molar refractivity (Wildman–Crippen MR) is 119 cm³/mol. The largest absolute Gasteiger partial charge is 0.493 e. The summed E-state index contributed by atoms with van der Waals surface area (Å²) in [5.41, 5.74) is 1.88. The highest BCUT2D eigenvalue weighted by Crippen LogP contribution is 2.46. The molecule has 0 saturated heterocycles. The molecule has 5 nitrogen and oxygen atoms in total. The number of methoxy groups -OCH3 is 3. The van der Waals surface area contributed by atoms with Crippen LogP contribution in [0.3, 0.4) is 0 Å². The molecule has 0 fully saturated rings. The lowest BCUT2D eigenvalue weighted by atomic mass is 9.98. The second-order valence-corrected chi connectivity index (χ2v) is 7.97. The Kier molecular flexibility index (Phi) is 6.56. The molecule has 2 aromatic carbocycles. The third-order valence-corrected chi connectivity index (χ3v) is 6.02. The van der Waals surface area contributed by atoms with E-state index in [1.54, 1.807) is 27.4 Å². The normalized spacial score (nSPS) is 16.7. The molecule has 0 amide bonds. The highest BCUT2D eigenvalue weighted by molar-refractivity contribution is 5.58. The fourth-order valence-corrected chi connectivity index (χ4v) is 4.59. The van der Waals surface area contributed by atoms with Crippen LogP contribution < -0.4 is 14.2 Å². The first-order valence-corrected chi connectivity index (χ1v) is 10.7. The average Bonchev–Trinajstić information content (AvgIpc) is 3.19. The number of fused-ring (bicyclic) bond motifs is 1. The van der Waals surface area contributed by atoms with Crippen LogP contribution in [0.25, 0.3) is 0 Å². The van der Waals surface area contributed by atoms with E-state index in [1.165, 1.54) is 12.1 Å². The zero-order chi connectivity index (χ0) is 23.6. The lowest BCUT2D eigenvalue weighted by Crippen LogP contribution is -2.30. The standard InChI is InChI=1S/C25H27F3N2O3/c1-31-21-11-10-19(23(32-2)24(21)33-3)22-20-9-5-12-29(20)13-6-14-30(22)16-17-7-4-8-18(15-17)25(26,27)28/h4-5,7-12,15,22H,6,13-14,16H2,1-3H3. The minimum atomic E-state index is -4.38. The van der Waals surface area contributed by atoms with E-state index in [0.717, 1.165) is 30.3 Å². The van der Waals surface area contributed by atoms with E-state index in [2.05, 4.69) is 9.47 Å². The summed E-state index contributed by atoms with van der Waals surface area (Å²) >= 11 is 0. The van der Waals surface area contributed by atoms with Crippen molar-refractivity contribution in [2.24, 2.45) is 0 Å². The van der Waals surface area contributed by atoms with Gasteiger partial charge in [0.2, 0.25) is 5.75 Å². The number of alkyl halides is 3. The molecule has 1 aromatic heterocycles. The third kappa shape index (κ3) is 4.53. The molecule has 0 N–H and O–H groups in total. The second-order valence-electron chi connectivity index (χ2n) is 7.97. The van der Waals surface area contributed by atoms with Gasteiger partial charge in [0.1, 0.15) is 0 Å². The van der Waals surface area contributed by atoms with Crippen LogP contribution in [0.1, 0.15) is 34.8 Å². The summed E-state index contributed by atoms with van der Waals surface area (Å²) in [4.78, 5) is 2.19. The summed E-state index contributed by atoms with van der Waals surface area (Å²) in [6.07, 6.45) is -1.48. The fourth-order valence-electron chi connectivity index (χ4n) is 4.59. The van der Waals surface area contributed by atoms with Gasteiger partial charge in [0.05, 0.1) is 32.9 Å². The van der Waals surface area contributed by atoms with Gasteiger partial charge in [-0.15, -0.1) is 0 Å². The Balaban J connectivity index is 1.82. The monoisotopic (exact) mass is 460 g/mol. The number of ether oxygens (including phenoxy) is 3. The highest BCUT2D eigenvalue weighted by atomic mass is 19.4. The first-order chi connectivity index (χ1) is 15.9. The Morgan fingerprint density at radius 1 is 0.909 bits per heavy atom. The van der Waals surface area contributed by atoms with Gasteiger partial charge in [0, 0.05) is 37.1 Å². The number of hydrogen-bond donors (Lipinski definition) is 0. The Morgan fingerprint density at radius 2 is 1.70 bits per heavy atom. The Hall–Kier alpha value is -3.13. The minimum Gasteiger partial charge on any atom is -0.493 e. The molecule has 1 aliphatic rings. The number of hydrogen-bond acceptors (Lipinski definition) is 4. The number of aromatic nitrogens is 1. The van der Waals surface area contributed by atoms with Crippen molar-refractivity contribution in [2.45, 2.75) is 31.7 Å². The zero-order valence-electron chi connectivity index (χ0n) is 18.9. The Labute approximate surface area is 191 Å². The molecule has 2 heterocycles. The molecule has 1 aliphatic heterocycles. The Bertz CT molecular complexity index is 1110. The van der Waals surface area contributed by atoms with Gasteiger partial charge < -0.3 is 18.8 Å². The van der Waals surface area contributed by atoms with Crippen LogP contribution in [0, 0.1) is 0 Å². The van der Waals surface area contributed by atoms with Crippen LogP contribution in [0.5, 0.6) is 17.2 Å². The van der Waals surface area contributed by atoms with E-state index in [-0.39, 0.29) is 6.04 Å². The van der Waals surface area contributed by atoms with Crippen molar-refractivity contribution >= 4 is 0 Å². The summed E-state index contributed by atoms with van der Waals surface area (Å²) in [6.45, 7) is 1.89. The maximum absolute atomic E-state index is 13.3. The highest BCUT2D eigenvalue weighted by Gasteiger charge is 2.33. The van der Waals surface area contributed by atoms with Gasteiger partial charge in [-0.2, -0.15) is 13.2 Å². The van der Waals surface area contributed by atoms with Gasteiger partial charge in [0.15, 0.2) is 11.5 Å². The van der Waals surface area contributed by atoms with Crippen LogP contribution >= 0.6 is 0 Å². The van der Waals surface area contributed by atoms with Crippen molar-refractivity contribution in [1.82, 2.24) is 9.47 Å². The number of nitrogens with zero attached hydrogens (tertiary/aromatic N) is 2. The van der Waals surface area contributed by atoms with Crippen molar-refractivity contribution in [3.05, 3.63) is 77.1 Å². The third-order valence-electron chi connectivity index (χ3n) is 6.02. The minimum absolute atomic E-state index is 0.244. The number of benzene rings is 2. The molecule has 176 valence electrons. The van der Waals surface area contributed by atoms with E-state index in [1.807, 2.05) is 30.5 Å². The van der Waals surface area contributed by atoms with Gasteiger partial charge in [-0.25, -0.2) is 0 Å². The molecular formula is C25H27F3N2O3. The van der Waals surface area contributed by atoms with Crippen LogP contribution in [-0.4, -0.2) is 37.3 Å². The van der Waals surface area contributed by atoms with E-state index in [9.17, 15) is 13.2 Å². The molecule has 0 saturated carbocycles. The summed E-state index contributed by atoms with van der Waals surface area (Å²) in [5, 5.41) is 0. The van der Waals surface area contributed by atoms with Crippen molar-refractivity contribution < 1.29 is 27.4 Å². The Morgan fingerprint density at radius 3 is 2.39 bits per heavy atom. The molecule has 3 aromatic rings. The quantitative estimate of drug-likeness (QED) is 0.485. The molecule has 0 aliphatic carbocycles. The van der Waals surface area contributed by atoms with Crippen molar-refractivity contribution in [1.29, 1.82) is 0 Å². The van der Waals surface area contributed by atoms with Gasteiger partial charge in [-0.3, -0.25) is 4.90 Å². The fraction of sp³-hybridized carbons (Fsp3) is 0.360. The van der Waals surface area contributed by atoms with Crippen molar-refractivity contribution in [3.63, 3.8) is 0 Å². The predicted octanol–water partition coefficient (Wildman–Crippen LogP) is 5.53. The van der Waals surface area contributed by atoms with Crippen LogP contribution in [0.15, 0.2) is 54.7 Å². The first kappa shape index (κ1) is 23.0. The molecule has 4 rings (SSSR count). The molecule has 33 heavy (non-hydrogen) atoms. The summed E-state index contributed by atoms with van der Waals surface area (Å²) in [6, 6.07) is 13.1. The number of rotatable bonds is 6. The maximum Gasteiger partial charge on any atom is 0.416 e. The molecule has 8 heteroatoms. The van der Waals surface area contributed by atoms with E-state index in [4.69, 9.17) is 14.2 Å². The summed E-state index contributed by atoms with van der Waals surface area (Å²) in [7, 11) is 4.70. The van der Waals surface area contributed by atoms with E-state index < -0.39 is 11.7 Å². The average molecular weight is 460 g/mol. The zero-order valence-corrected chi connectivity index (χ0v) is 18.9. The van der Waals surface area contributed by atoms with Gasteiger partial charge in [-0.1, -0.05) is 18.2 Å². The topological polar surface area (TPSA) is 35.9 Å². The first-order valence-electron chi connectivity index (χ1n) is 10.7. The molecule has 1 atom stereocenters. The maximum atomic E-state index is 13.3. The van der Waals surface area contributed by atoms with Crippen LogP contribution in [0.2, 0.25) is 0 Å². The van der Waals surface area contributed by atoms with Crippen LogP contribution in [0.4, 0.5) is 13.2 Å². The lowest BCUT2D eigenvalue weighted by molar-refractivity contribution is -0.137. The molecule has 0 spiro atoms. The molecular weight excluding hydrogens is 433 g/mol. The lowest BCUT2D eigenvalue weighted by Gasteiger charge is -2.32. The summed E-state index contributed by atoms with van der Waals surface area (Å²) in [5.74, 6) is 1.58. The second kappa shape index (κ2) is 9.39. The van der Waals surface area contributed by atoms with Gasteiger partial charge in [0.25, 0.3) is 0 Å². The summed E-state index contributed by atoms with van der Waals surface area (Å²) < 4.78 is 58.9. The molecule has 1 unspecified atom stereocenters. The van der Waals surface area contributed by atoms with E-state index in [0.29, 0.717) is 35.9 Å². The van der Waals surface area contributed by atoms with Gasteiger partial charge in [-0.05, 0) is 42.3 Å². The smallest absolute Gasteiger partial charge is 0.416 e. The molecule has 0 radical (unpaired) electrons.